The van der Waals surface area contributed by atoms with Crippen LogP contribution in [0.1, 0.15) is 32.6 Å². The highest BCUT2D eigenvalue weighted by Gasteiger charge is 2.17. The average molecular weight is 450 g/mol. The summed E-state index contributed by atoms with van der Waals surface area (Å²) in [5, 5.41) is 7.63. The molecule has 1 fully saturated rings. The molecule has 1 saturated carbocycles. The van der Waals surface area contributed by atoms with Crippen molar-refractivity contribution in [2.45, 2.75) is 45.2 Å². The van der Waals surface area contributed by atoms with E-state index in [1.54, 1.807) is 10.9 Å². The first-order chi connectivity index (χ1) is 16.1. The van der Waals surface area contributed by atoms with E-state index in [-0.39, 0.29) is 18.0 Å². The van der Waals surface area contributed by atoms with E-state index in [1.807, 2.05) is 60.5 Å². The third-order valence-corrected chi connectivity index (χ3v) is 5.97. The number of pyridine rings is 1. The zero-order chi connectivity index (χ0) is 23.0. The number of benzene rings is 1. The Morgan fingerprint density at radius 3 is 2.73 bits per heavy atom. The van der Waals surface area contributed by atoms with Crippen LogP contribution in [-0.4, -0.2) is 46.4 Å². The van der Waals surface area contributed by atoms with Crippen molar-refractivity contribution < 1.29 is 9.53 Å². The van der Waals surface area contributed by atoms with Crippen LogP contribution in [0.2, 0.25) is 0 Å². The fourth-order valence-corrected chi connectivity index (χ4v) is 4.20. The first kappa shape index (κ1) is 22.6. The van der Waals surface area contributed by atoms with E-state index in [2.05, 4.69) is 15.4 Å². The van der Waals surface area contributed by atoms with Gasteiger partial charge in [0.15, 0.2) is 0 Å². The second-order valence-electron chi connectivity index (χ2n) is 8.28. The van der Waals surface area contributed by atoms with Crippen molar-refractivity contribution in [3.8, 4) is 17.0 Å². The molecular weight excluding hydrogens is 418 g/mol. The minimum atomic E-state index is -0.0980. The number of ether oxygens (including phenoxy) is 1. The summed E-state index contributed by atoms with van der Waals surface area (Å²) in [4.78, 5) is 28.9. The molecule has 4 rings (SSSR count). The molecule has 8 heteroatoms. The van der Waals surface area contributed by atoms with Crippen LogP contribution in [0.15, 0.2) is 59.7 Å². The van der Waals surface area contributed by atoms with Gasteiger partial charge in [0, 0.05) is 30.5 Å². The Morgan fingerprint density at radius 2 is 2.00 bits per heavy atom. The number of aromatic amines is 1. The minimum absolute atomic E-state index is 0.0129. The van der Waals surface area contributed by atoms with Crippen LogP contribution in [0.4, 0.5) is 5.69 Å². The number of aromatic nitrogens is 3. The summed E-state index contributed by atoms with van der Waals surface area (Å²) >= 11 is 0. The van der Waals surface area contributed by atoms with Gasteiger partial charge in [-0.1, -0.05) is 12.8 Å². The lowest BCUT2D eigenvalue weighted by molar-refractivity contribution is -0.122. The molecule has 0 aliphatic heterocycles. The van der Waals surface area contributed by atoms with E-state index in [1.165, 1.54) is 12.8 Å². The van der Waals surface area contributed by atoms with Crippen LogP contribution in [0.3, 0.4) is 0 Å². The lowest BCUT2D eigenvalue weighted by atomic mass is 10.1. The third-order valence-electron chi connectivity index (χ3n) is 5.97. The summed E-state index contributed by atoms with van der Waals surface area (Å²) in [6.07, 6.45) is 8.00. The normalized spacial score (nSPS) is 13.7. The molecule has 8 nitrogen and oxygen atoms in total. The number of nitrogens with one attached hydrogen (secondary N) is 2. The number of H-pyrrole nitrogens is 1. The lowest BCUT2D eigenvalue weighted by Gasteiger charge is -2.22. The molecule has 1 aromatic carbocycles. The van der Waals surface area contributed by atoms with Gasteiger partial charge in [0.2, 0.25) is 5.91 Å². The van der Waals surface area contributed by atoms with Gasteiger partial charge in [-0.15, -0.1) is 0 Å². The van der Waals surface area contributed by atoms with Crippen molar-refractivity contribution >= 4 is 11.6 Å². The number of nitrogens with zero attached hydrogens (tertiary/aromatic N) is 3. The van der Waals surface area contributed by atoms with E-state index >= 15 is 0 Å². The highest BCUT2D eigenvalue weighted by Crippen LogP contribution is 2.21. The molecule has 1 aliphatic carbocycles. The Morgan fingerprint density at radius 1 is 1.21 bits per heavy atom. The van der Waals surface area contributed by atoms with E-state index in [4.69, 9.17) is 4.74 Å². The number of anilines is 1. The highest BCUT2D eigenvalue weighted by atomic mass is 16.5. The largest absolute Gasteiger partial charge is 0.492 e. The first-order valence-electron chi connectivity index (χ1n) is 11.6. The van der Waals surface area contributed by atoms with Gasteiger partial charge >= 0.3 is 0 Å². The second-order valence-corrected chi connectivity index (χ2v) is 8.28. The number of carbonyl (C=O) groups excluding carboxylic acids is 1. The number of rotatable bonds is 10. The molecule has 2 N–H and O–H groups in total. The molecule has 174 valence electrons. The Kier molecular flexibility index (Phi) is 7.44. The molecule has 3 aromatic rings. The SMILES string of the molecule is CCN(CCOc1ccc(-c2ccn(CC(=O)NC3CCCC3)n2)cc1)c1ccc[nH]c1=O. The average Bonchev–Trinajstić information content (AvgIpc) is 3.50. The van der Waals surface area contributed by atoms with Gasteiger partial charge in [-0.2, -0.15) is 5.10 Å². The number of amides is 1. The predicted molar refractivity (Wildman–Crippen MR) is 129 cm³/mol. The fourth-order valence-electron chi connectivity index (χ4n) is 4.20. The smallest absolute Gasteiger partial charge is 0.271 e. The van der Waals surface area contributed by atoms with Crippen molar-refractivity contribution in [3.05, 3.63) is 65.2 Å². The summed E-state index contributed by atoms with van der Waals surface area (Å²) in [7, 11) is 0. The molecule has 0 atom stereocenters. The summed E-state index contributed by atoms with van der Waals surface area (Å²) in [5.41, 5.74) is 2.32. The molecule has 0 bridgehead atoms. The van der Waals surface area contributed by atoms with Crippen molar-refractivity contribution in [2.24, 2.45) is 0 Å². The maximum absolute atomic E-state index is 12.2. The maximum Gasteiger partial charge on any atom is 0.271 e. The van der Waals surface area contributed by atoms with Crippen LogP contribution >= 0.6 is 0 Å². The third kappa shape index (κ3) is 6.03. The topological polar surface area (TPSA) is 92.2 Å². The number of carbonyl (C=O) groups is 1. The molecule has 1 amide bonds. The lowest BCUT2D eigenvalue weighted by Crippen LogP contribution is -2.35. The van der Waals surface area contributed by atoms with Crippen molar-refractivity contribution in [2.75, 3.05) is 24.6 Å². The van der Waals surface area contributed by atoms with Crippen LogP contribution in [-0.2, 0) is 11.3 Å². The van der Waals surface area contributed by atoms with Gasteiger partial charge in [-0.05, 0) is 62.2 Å². The zero-order valence-electron chi connectivity index (χ0n) is 19.0. The Bertz CT molecular complexity index is 1100. The molecule has 2 heterocycles. The van der Waals surface area contributed by atoms with Gasteiger partial charge in [-0.25, -0.2) is 0 Å². The van der Waals surface area contributed by atoms with Crippen LogP contribution in [0, 0.1) is 0 Å². The Labute approximate surface area is 193 Å². The fraction of sp³-hybridized carbons (Fsp3) is 0.400. The Hall–Kier alpha value is -3.55. The monoisotopic (exact) mass is 449 g/mol. The van der Waals surface area contributed by atoms with Crippen LogP contribution in [0.5, 0.6) is 5.75 Å². The minimum Gasteiger partial charge on any atom is -0.492 e. The maximum atomic E-state index is 12.2. The standard InChI is InChI=1S/C25H31N5O3/c1-2-29(23-8-5-14-26-25(23)32)16-17-33-21-11-9-19(10-12-21)22-13-15-30(28-22)18-24(31)27-20-6-3-4-7-20/h5,8-15,20H,2-4,6-7,16-18H2,1H3,(H,26,32)(H,27,31). The molecule has 1 aliphatic rings. The van der Waals surface area contributed by atoms with Gasteiger partial charge in [0.05, 0.1) is 12.2 Å². The van der Waals surface area contributed by atoms with E-state index in [0.717, 1.165) is 36.4 Å². The number of likely N-dealkylation sites (N-methyl/N-ethyl adjacent to an activating group) is 1. The number of hydrogen-bond acceptors (Lipinski definition) is 5. The van der Waals surface area contributed by atoms with Crippen LogP contribution < -0.4 is 20.5 Å². The molecule has 0 radical (unpaired) electrons. The predicted octanol–water partition coefficient (Wildman–Crippen LogP) is 3.20. The van der Waals surface area contributed by atoms with E-state index < -0.39 is 0 Å². The van der Waals surface area contributed by atoms with Gasteiger partial charge < -0.3 is 19.9 Å². The summed E-state index contributed by atoms with van der Waals surface area (Å²) in [6.45, 7) is 4.04. The van der Waals surface area contributed by atoms with E-state index in [0.29, 0.717) is 24.9 Å². The zero-order valence-corrected chi connectivity index (χ0v) is 19.0. The summed E-state index contributed by atoms with van der Waals surface area (Å²) in [5.74, 6) is 0.770. The molecule has 33 heavy (non-hydrogen) atoms. The van der Waals surface area contributed by atoms with E-state index in [9.17, 15) is 9.59 Å². The van der Waals surface area contributed by atoms with Crippen molar-refractivity contribution in [1.82, 2.24) is 20.1 Å². The van der Waals surface area contributed by atoms with Gasteiger partial charge in [-0.3, -0.25) is 14.3 Å². The molecule has 0 unspecified atom stereocenters. The second kappa shape index (κ2) is 10.8. The quantitative estimate of drug-likeness (QED) is 0.496. The first-order valence-corrected chi connectivity index (χ1v) is 11.6. The molecule has 2 aromatic heterocycles. The number of hydrogen-bond donors (Lipinski definition) is 2. The molecular formula is C25H31N5O3. The summed E-state index contributed by atoms with van der Waals surface area (Å²) in [6, 6.07) is 13.6. The highest BCUT2D eigenvalue weighted by molar-refractivity contribution is 5.76. The van der Waals surface area contributed by atoms with Gasteiger partial charge in [0.1, 0.15) is 24.6 Å². The molecule has 0 spiro atoms. The summed E-state index contributed by atoms with van der Waals surface area (Å²) < 4.78 is 7.55. The van der Waals surface area contributed by atoms with Crippen LogP contribution in [0.25, 0.3) is 11.3 Å². The van der Waals surface area contributed by atoms with Crippen molar-refractivity contribution in [3.63, 3.8) is 0 Å². The van der Waals surface area contributed by atoms with Gasteiger partial charge in [0.25, 0.3) is 5.56 Å². The Balaban J connectivity index is 1.28. The van der Waals surface area contributed by atoms with Crippen molar-refractivity contribution in [1.29, 1.82) is 0 Å². The molecule has 0 saturated heterocycles.